The molecular weight excluding hydrogens is 290 g/mol. The Kier molecular flexibility index (Phi) is 2.88. The van der Waals surface area contributed by atoms with Crippen molar-refractivity contribution < 1.29 is 8.94 Å². The Morgan fingerprint density at radius 1 is 1.00 bits per heavy atom. The van der Waals surface area contributed by atoms with Crippen LogP contribution in [0.4, 0.5) is 0 Å². The molecule has 0 amide bonds. The molecule has 0 aliphatic rings. The first kappa shape index (κ1) is 13.8. The summed E-state index contributed by atoms with van der Waals surface area (Å²) < 4.78 is 11.0. The van der Waals surface area contributed by atoms with E-state index < -0.39 is 5.63 Å². The van der Waals surface area contributed by atoms with Crippen molar-refractivity contribution >= 4 is 21.9 Å². The first-order valence-corrected chi connectivity index (χ1v) is 7.45. The summed E-state index contributed by atoms with van der Waals surface area (Å²) in [6, 6.07) is 11.5. The first-order chi connectivity index (χ1) is 11.1. The molecule has 2 aromatic carbocycles. The van der Waals surface area contributed by atoms with Gasteiger partial charge < -0.3 is 8.94 Å². The molecule has 0 aliphatic carbocycles. The summed E-state index contributed by atoms with van der Waals surface area (Å²) in [5, 5.41) is 5.35. The highest BCUT2D eigenvalue weighted by Gasteiger charge is 2.21. The van der Waals surface area contributed by atoms with Gasteiger partial charge in [-0.2, -0.15) is 0 Å². The molecule has 0 aliphatic heterocycles. The number of para-hydroxylation sites is 1. The molecule has 2 aromatic heterocycles. The van der Waals surface area contributed by atoms with Crippen LogP contribution in [-0.4, -0.2) is 5.16 Å². The molecule has 0 saturated carbocycles. The summed E-state index contributed by atoms with van der Waals surface area (Å²) >= 11 is 0. The lowest BCUT2D eigenvalue weighted by atomic mass is 9.96. The molecule has 0 spiro atoms. The zero-order valence-corrected chi connectivity index (χ0v) is 13.1. The van der Waals surface area contributed by atoms with Gasteiger partial charge in [0.2, 0.25) is 0 Å². The lowest BCUT2D eigenvalue weighted by Gasteiger charge is -2.08. The summed E-state index contributed by atoms with van der Waals surface area (Å²) in [6.45, 7) is 6.07. The van der Waals surface area contributed by atoms with Gasteiger partial charge in [0.05, 0.1) is 5.39 Å². The molecule has 0 atom stereocenters. The third-order valence-corrected chi connectivity index (χ3v) is 4.14. The van der Waals surface area contributed by atoms with E-state index in [1.807, 2.05) is 39.0 Å². The van der Waals surface area contributed by atoms with Crippen molar-refractivity contribution in [1.82, 2.24) is 5.16 Å². The number of rotatable bonds is 1. The molecule has 0 bridgehead atoms. The molecular formula is C19H15NO3. The van der Waals surface area contributed by atoms with E-state index in [1.54, 1.807) is 6.07 Å². The average Bonchev–Trinajstić information content (AvgIpc) is 2.92. The second-order valence-corrected chi connectivity index (χ2v) is 5.89. The molecule has 4 rings (SSSR count). The maximum Gasteiger partial charge on any atom is 0.349 e. The number of aryl methyl sites for hydroxylation is 3. The van der Waals surface area contributed by atoms with Crippen LogP contribution < -0.4 is 5.63 Å². The third kappa shape index (κ3) is 1.99. The molecule has 4 nitrogen and oxygen atoms in total. The maximum absolute atomic E-state index is 12.5. The van der Waals surface area contributed by atoms with Crippen molar-refractivity contribution in [3.63, 3.8) is 0 Å². The standard InChI is InChI=1S/C19H15NO3/c1-10-8-11(2)15(12(3)9-10)17-16-18(23-20-17)13-6-4-5-7-14(13)22-19(16)21/h4-9H,1-3H3. The number of hydrogen-bond acceptors (Lipinski definition) is 4. The van der Waals surface area contributed by atoms with Gasteiger partial charge in [-0.1, -0.05) is 35.0 Å². The summed E-state index contributed by atoms with van der Waals surface area (Å²) in [5.41, 5.74) is 5.33. The van der Waals surface area contributed by atoms with Crippen LogP contribution in [-0.2, 0) is 0 Å². The van der Waals surface area contributed by atoms with Crippen molar-refractivity contribution in [3.8, 4) is 11.3 Å². The monoisotopic (exact) mass is 305 g/mol. The minimum atomic E-state index is -0.422. The quantitative estimate of drug-likeness (QED) is 0.485. The van der Waals surface area contributed by atoms with E-state index in [-0.39, 0.29) is 0 Å². The van der Waals surface area contributed by atoms with Crippen molar-refractivity contribution in [2.45, 2.75) is 20.8 Å². The fourth-order valence-corrected chi connectivity index (χ4v) is 3.28. The van der Waals surface area contributed by atoms with E-state index in [1.165, 1.54) is 5.56 Å². The minimum absolute atomic E-state index is 0.402. The molecule has 4 heteroatoms. The van der Waals surface area contributed by atoms with Crippen molar-refractivity contribution in [2.75, 3.05) is 0 Å². The van der Waals surface area contributed by atoms with E-state index in [2.05, 4.69) is 17.3 Å². The number of benzene rings is 2. The Morgan fingerprint density at radius 3 is 2.43 bits per heavy atom. The van der Waals surface area contributed by atoms with Crippen LogP contribution in [0.1, 0.15) is 16.7 Å². The van der Waals surface area contributed by atoms with Gasteiger partial charge >= 0.3 is 5.63 Å². The molecule has 0 saturated heterocycles. The van der Waals surface area contributed by atoms with Crippen LogP contribution in [0.3, 0.4) is 0 Å². The van der Waals surface area contributed by atoms with Crippen LogP contribution in [0.15, 0.2) is 50.1 Å². The molecule has 4 aromatic rings. The highest BCUT2D eigenvalue weighted by atomic mass is 16.5. The van der Waals surface area contributed by atoms with Gasteiger partial charge in [0, 0.05) is 5.56 Å². The van der Waals surface area contributed by atoms with Crippen molar-refractivity contribution in [1.29, 1.82) is 0 Å². The summed E-state index contributed by atoms with van der Waals surface area (Å²) in [5.74, 6) is 0. The van der Waals surface area contributed by atoms with E-state index in [0.29, 0.717) is 22.2 Å². The molecule has 0 fully saturated rings. The van der Waals surface area contributed by atoms with Crippen molar-refractivity contribution in [3.05, 3.63) is 63.5 Å². The van der Waals surface area contributed by atoms with Crippen molar-refractivity contribution in [2.24, 2.45) is 0 Å². The van der Waals surface area contributed by atoms with E-state index in [9.17, 15) is 4.79 Å². The predicted octanol–water partition coefficient (Wildman–Crippen LogP) is 4.53. The first-order valence-electron chi connectivity index (χ1n) is 7.45. The van der Waals surface area contributed by atoms with Crippen LogP contribution >= 0.6 is 0 Å². The zero-order chi connectivity index (χ0) is 16.1. The van der Waals surface area contributed by atoms with Gasteiger partial charge in [-0.3, -0.25) is 0 Å². The molecule has 23 heavy (non-hydrogen) atoms. The lowest BCUT2D eigenvalue weighted by Crippen LogP contribution is -2.01. The van der Waals surface area contributed by atoms with Gasteiger partial charge in [0.15, 0.2) is 5.58 Å². The van der Waals surface area contributed by atoms with Gasteiger partial charge in [-0.05, 0) is 44.0 Å². The molecule has 0 radical (unpaired) electrons. The van der Waals surface area contributed by atoms with Gasteiger partial charge in [-0.15, -0.1) is 0 Å². The number of hydrogen-bond donors (Lipinski definition) is 0. The molecule has 2 heterocycles. The maximum atomic E-state index is 12.5. The number of nitrogens with zero attached hydrogens (tertiary/aromatic N) is 1. The number of fused-ring (bicyclic) bond motifs is 3. The Bertz CT molecular complexity index is 1100. The van der Waals surface area contributed by atoms with Gasteiger partial charge in [-0.25, -0.2) is 4.79 Å². The highest BCUT2D eigenvalue weighted by molar-refractivity contribution is 6.05. The van der Waals surface area contributed by atoms with Crippen LogP contribution in [0, 0.1) is 20.8 Å². The van der Waals surface area contributed by atoms with E-state index in [4.69, 9.17) is 8.94 Å². The molecule has 114 valence electrons. The Labute approximate surface area is 132 Å². The third-order valence-electron chi connectivity index (χ3n) is 4.14. The smallest absolute Gasteiger partial charge is 0.349 e. The summed E-state index contributed by atoms with van der Waals surface area (Å²) in [4.78, 5) is 12.5. The fraction of sp³-hybridized carbons (Fsp3) is 0.158. The van der Waals surface area contributed by atoms with E-state index in [0.717, 1.165) is 22.1 Å². The van der Waals surface area contributed by atoms with E-state index >= 15 is 0 Å². The molecule has 0 N–H and O–H groups in total. The Hall–Kier alpha value is -2.88. The van der Waals surface area contributed by atoms with Crippen LogP contribution in [0.25, 0.3) is 33.2 Å². The second-order valence-electron chi connectivity index (χ2n) is 5.89. The van der Waals surface area contributed by atoms with Crippen LogP contribution in [0.2, 0.25) is 0 Å². The largest absolute Gasteiger partial charge is 0.422 e. The predicted molar refractivity (Wildman–Crippen MR) is 89.7 cm³/mol. The topological polar surface area (TPSA) is 56.2 Å². The summed E-state index contributed by atoms with van der Waals surface area (Å²) in [7, 11) is 0. The van der Waals surface area contributed by atoms with Crippen LogP contribution in [0.5, 0.6) is 0 Å². The Morgan fingerprint density at radius 2 is 1.70 bits per heavy atom. The lowest BCUT2D eigenvalue weighted by molar-refractivity contribution is 0.460. The summed E-state index contributed by atoms with van der Waals surface area (Å²) in [6.07, 6.45) is 0. The highest BCUT2D eigenvalue weighted by Crippen LogP contribution is 2.34. The minimum Gasteiger partial charge on any atom is -0.422 e. The average molecular weight is 305 g/mol. The van der Waals surface area contributed by atoms with Gasteiger partial charge in [0.1, 0.15) is 16.7 Å². The normalized spacial score (nSPS) is 11.4. The zero-order valence-electron chi connectivity index (χ0n) is 13.1. The Balaban J connectivity index is 2.15. The number of aromatic nitrogens is 1. The second kappa shape index (κ2) is 4.81. The van der Waals surface area contributed by atoms with Gasteiger partial charge in [0.25, 0.3) is 0 Å². The SMILES string of the molecule is Cc1cc(C)c(-c2noc3c2c(=O)oc2ccccc23)c(C)c1. The fourth-order valence-electron chi connectivity index (χ4n) is 3.28. The molecule has 0 unspecified atom stereocenters.